The van der Waals surface area contributed by atoms with Crippen LogP contribution in [-0.4, -0.2) is 29.9 Å². The number of hydrogen-bond donors (Lipinski definition) is 0. The first-order valence-electron chi connectivity index (χ1n) is 32.6. The maximum absolute atomic E-state index is 5.30. The Kier molecular flexibility index (Phi) is 14.3. The van der Waals surface area contributed by atoms with Gasteiger partial charge in [0.15, 0.2) is 34.9 Å². The average molecular weight is 1300 g/mol. The molecule has 0 unspecified atom stereocenters. The monoisotopic (exact) mass is 1300 g/mol. The maximum Gasteiger partial charge on any atom is 0.164 e. The van der Waals surface area contributed by atoms with Gasteiger partial charge in [-0.3, -0.25) is 0 Å². The zero-order valence-electron chi connectivity index (χ0n) is 52.3. The number of rotatable bonds is 12. The van der Waals surface area contributed by atoms with Crippen molar-refractivity contribution in [1.29, 1.82) is 0 Å². The number of aromatic nitrogens is 6. The van der Waals surface area contributed by atoms with E-state index in [-0.39, 0.29) is 0 Å². The average Bonchev–Trinajstić information content (AvgIpc) is 0.681. The molecule has 18 rings (SSSR count). The summed E-state index contributed by atoms with van der Waals surface area (Å²) in [7, 11) is 0. The first kappa shape index (κ1) is 57.3. The van der Waals surface area contributed by atoms with E-state index >= 15 is 0 Å². The second-order valence-corrected chi connectivity index (χ2v) is 25.4. The van der Waals surface area contributed by atoms with Crippen LogP contribution in [0.15, 0.2) is 338 Å². The molecule has 0 N–H and O–H groups in total. The van der Waals surface area contributed by atoms with Crippen LogP contribution in [0.4, 0.5) is 0 Å². The van der Waals surface area contributed by atoms with Crippen LogP contribution in [0, 0.1) is 0 Å². The molecule has 0 aliphatic rings. The number of benzene rings is 16. The summed E-state index contributed by atoms with van der Waals surface area (Å²) in [5, 5.41) is 11.7. The summed E-state index contributed by atoms with van der Waals surface area (Å²) in [6.45, 7) is 0. The molecule has 0 aliphatic carbocycles. The highest BCUT2D eigenvalue weighted by Gasteiger charge is 2.29. The van der Waals surface area contributed by atoms with Crippen molar-refractivity contribution in [3.05, 3.63) is 338 Å². The second-order valence-electron chi connectivity index (χ2n) is 24.5. The van der Waals surface area contributed by atoms with Gasteiger partial charge in [0.2, 0.25) is 0 Å². The molecule has 0 bridgehead atoms. The molecule has 18 aromatic rings. The van der Waals surface area contributed by atoms with E-state index in [2.05, 4.69) is 277 Å². The lowest BCUT2D eigenvalue weighted by molar-refractivity contribution is 1.07. The molecule has 0 saturated carbocycles. The Labute approximate surface area is 569 Å². The van der Waals surface area contributed by atoms with Crippen LogP contribution in [-0.2, 0) is 0 Å². The van der Waals surface area contributed by atoms with Crippen molar-refractivity contribution in [3.8, 4) is 135 Å². The summed E-state index contributed by atoms with van der Waals surface area (Å²) in [6.07, 6.45) is 0. The Morgan fingerprint density at radius 3 is 0.825 bits per heavy atom. The van der Waals surface area contributed by atoms with E-state index in [1.165, 1.54) is 37.9 Å². The third-order valence-corrected chi connectivity index (χ3v) is 19.2. The van der Waals surface area contributed by atoms with Crippen LogP contribution >= 0.6 is 15.9 Å². The molecule has 0 aliphatic heterocycles. The summed E-state index contributed by atoms with van der Waals surface area (Å²) in [4.78, 5) is 31.4. The van der Waals surface area contributed by atoms with Crippen molar-refractivity contribution < 1.29 is 0 Å². The predicted molar refractivity (Wildman–Crippen MR) is 405 cm³/mol. The Hall–Kier alpha value is -12.4. The molecular weight excluding hydrogens is 1240 g/mol. The van der Waals surface area contributed by atoms with Gasteiger partial charge in [0.05, 0.1) is 0 Å². The highest BCUT2D eigenvalue weighted by molar-refractivity contribution is 9.10. The van der Waals surface area contributed by atoms with Gasteiger partial charge in [0.25, 0.3) is 0 Å². The fourth-order valence-electron chi connectivity index (χ4n) is 14.5. The molecular formula is C90H55BrN6. The van der Waals surface area contributed by atoms with Crippen LogP contribution in [0.3, 0.4) is 0 Å². The van der Waals surface area contributed by atoms with Crippen LogP contribution in [0.2, 0.25) is 0 Å². The van der Waals surface area contributed by atoms with E-state index in [4.69, 9.17) is 29.9 Å². The van der Waals surface area contributed by atoms with Crippen molar-refractivity contribution in [1.82, 2.24) is 29.9 Å². The largest absolute Gasteiger partial charge is 0.208 e. The molecule has 0 saturated heterocycles. The third kappa shape index (κ3) is 10.2. The highest BCUT2D eigenvalue weighted by atomic mass is 79.9. The lowest BCUT2D eigenvalue weighted by Gasteiger charge is -2.26. The van der Waals surface area contributed by atoms with Crippen LogP contribution in [0.25, 0.3) is 189 Å². The number of nitrogens with zero attached hydrogens (tertiary/aromatic N) is 6. The lowest BCUT2D eigenvalue weighted by atomic mass is 9.77. The third-order valence-electron chi connectivity index (χ3n) is 18.7. The van der Waals surface area contributed by atoms with Gasteiger partial charge >= 0.3 is 0 Å². The molecule has 97 heavy (non-hydrogen) atoms. The van der Waals surface area contributed by atoms with Gasteiger partial charge in [-0.2, -0.15) is 0 Å². The molecule has 0 atom stereocenters. The van der Waals surface area contributed by atoms with Crippen molar-refractivity contribution >= 4 is 69.8 Å². The van der Waals surface area contributed by atoms with Crippen LogP contribution in [0.1, 0.15) is 0 Å². The van der Waals surface area contributed by atoms with Crippen molar-refractivity contribution in [2.24, 2.45) is 0 Å². The van der Waals surface area contributed by atoms with E-state index < -0.39 is 0 Å². The molecule has 452 valence electrons. The number of hydrogen-bond acceptors (Lipinski definition) is 6. The van der Waals surface area contributed by atoms with Gasteiger partial charge in [-0.15, -0.1) is 0 Å². The standard InChI is InChI=1S/C90H55BrN6/c91-68-46-24-42-64(53-68)75-55-74(57-29-10-2-11-30-57)81-69-47-25-50-72-79(69)80-70(48-26-49-71(80)83(81)77(75)58-31-12-3-13-32-58)82-76(63-41-22-44-66(51-63)89-94-85(59-33-14-4-15-34-59)92-86(95-89)60-35-16-5-17-36-60)54-73(56-27-8-1-9-28-56)78(84(72)82)65-43-23-45-67(52-65)90-96-87(61-37-18-6-19-38-61)93-88(97-90)62-39-20-7-21-40-62/h1-55H. The first-order valence-corrected chi connectivity index (χ1v) is 33.4. The molecule has 0 spiro atoms. The predicted octanol–water partition coefficient (Wildman–Crippen LogP) is 24.0. The minimum Gasteiger partial charge on any atom is -0.208 e. The van der Waals surface area contributed by atoms with E-state index in [0.717, 1.165) is 121 Å². The zero-order valence-corrected chi connectivity index (χ0v) is 53.9. The van der Waals surface area contributed by atoms with E-state index in [9.17, 15) is 0 Å². The fraction of sp³-hybridized carbons (Fsp3) is 0. The summed E-state index contributed by atoms with van der Waals surface area (Å²) < 4.78 is 1.02. The molecule has 0 radical (unpaired) electrons. The van der Waals surface area contributed by atoms with Gasteiger partial charge in [0, 0.05) is 37.9 Å². The van der Waals surface area contributed by atoms with Gasteiger partial charge in [-0.1, -0.05) is 313 Å². The summed E-state index contributed by atoms with van der Waals surface area (Å²) in [5.74, 6) is 3.57. The normalized spacial score (nSPS) is 11.6. The van der Waals surface area contributed by atoms with E-state index in [1.807, 2.05) is 72.8 Å². The SMILES string of the molecule is Brc1cccc(-c2cc(-c3ccccc3)c3c4cccc5c6c(-c7cccc(-c8nc(-c9ccccc9)nc(-c9ccccc9)n8)c7)c(-c7ccccc7)cc(-c7cccc(-c8nc(-c9ccccc9)nc(-c9ccccc9)n8)c7)c6c6cccc(c3c2-c2ccccc2)c6c45)c1. The number of fused-ring (bicyclic) bond motifs is 6. The summed E-state index contributed by atoms with van der Waals surface area (Å²) in [6, 6.07) is 119. The molecule has 16 aromatic carbocycles. The molecule has 6 nitrogen and oxygen atoms in total. The van der Waals surface area contributed by atoms with Crippen molar-refractivity contribution in [3.63, 3.8) is 0 Å². The van der Waals surface area contributed by atoms with Crippen LogP contribution < -0.4 is 0 Å². The molecule has 7 heteroatoms. The summed E-state index contributed by atoms with van der Waals surface area (Å²) in [5.41, 5.74) is 18.6. The minimum absolute atomic E-state index is 0.580. The quantitative estimate of drug-likeness (QED) is 0.0896. The van der Waals surface area contributed by atoms with Crippen LogP contribution in [0.5, 0.6) is 0 Å². The molecule has 2 aromatic heterocycles. The first-order chi connectivity index (χ1) is 48.0. The maximum atomic E-state index is 5.30. The minimum atomic E-state index is 0.580. The molecule has 0 amide bonds. The smallest absolute Gasteiger partial charge is 0.164 e. The zero-order chi connectivity index (χ0) is 64.3. The Balaban J connectivity index is 0.996. The van der Waals surface area contributed by atoms with E-state index in [1.54, 1.807) is 0 Å². The lowest BCUT2D eigenvalue weighted by Crippen LogP contribution is -2.01. The Morgan fingerprint density at radius 2 is 0.423 bits per heavy atom. The van der Waals surface area contributed by atoms with Crippen molar-refractivity contribution in [2.45, 2.75) is 0 Å². The van der Waals surface area contributed by atoms with Gasteiger partial charge in [0.1, 0.15) is 0 Å². The molecule has 2 heterocycles. The van der Waals surface area contributed by atoms with Crippen molar-refractivity contribution in [2.75, 3.05) is 0 Å². The van der Waals surface area contributed by atoms with Gasteiger partial charge in [-0.25, -0.2) is 29.9 Å². The molecule has 0 fully saturated rings. The second kappa shape index (κ2) is 24.2. The van der Waals surface area contributed by atoms with E-state index in [0.29, 0.717) is 34.9 Å². The van der Waals surface area contributed by atoms with Gasteiger partial charge < -0.3 is 0 Å². The van der Waals surface area contributed by atoms with Gasteiger partial charge in [-0.05, 0) is 157 Å². The fourth-order valence-corrected chi connectivity index (χ4v) is 14.9. The Bertz CT molecular complexity index is 5920. The topological polar surface area (TPSA) is 77.3 Å². The summed E-state index contributed by atoms with van der Waals surface area (Å²) >= 11 is 3.90. The highest BCUT2D eigenvalue weighted by Crippen LogP contribution is 2.56. The number of halogens is 1. The Morgan fingerprint density at radius 1 is 0.165 bits per heavy atom.